The minimum atomic E-state index is -0.373. The topological polar surface area (TPSA) is 75.6 Å². The molecule has 0 unspecified atom stereocenters. The fourth-order valence-electron chi connectivity index (χ4n) is 2.69. The number of nitrogens with zero attached hydrogens (tertiary/aromatic N) is 4. The van der Waals surface area contributed by atoms with E-state index in [0.29, 0.717) is 6.54 Å². The second-order valence-electron chi connectivity index (χ2n) is 5.85. The Labute approximate surface area is 142 Å². The van der Waals surface area contributed by atoms with Gasteiger partial charge in [-0.15, -0.1) is 0 Å². The zero-order valence-electron chi connectivity index (χ0n) is 14.6. The van der Waals surface area contributed by atoms with Crippen molar-refractivity contribution in [3.63, 3.8) is 0 Å². The lowest BCUT2D eigenvalue weighted by molar-refractivity contribution is -0.117. The number of aryl methyl sites for hydroxylation is 2. The molecule has 1 amide bonds. The molecule has 6 nitrogen and oxygen atoms in total. The SMILES string of the molecule is CCCn1c(C)cc(/C=C(/C#N)C(=O)NCc2cnn(C)c2)c1C. The molecule has 0 aliphatic heterocycles. The summed E-state index contributed by atoms with van der Waals surface area (Å²) in [5, 5.41) is 16.1. The van der Waals surface area contributed by atoms with Gasteiger partial charge in [0.1, 0.15) is 11.6 Å². The van der Waals surface area contributed by atoms with Gasteiger partial charge in [0, 0.05) is 43.3 Å². The van der Waals surface area contributed by atoms with Crippen molar-refractivity contribution < 1.29 is 4.79 Å². The maximum absolute atomic E-state index is 12.3. The molecule has 0 aliphatic carbocycles. The number of hydrogen-bond donors (Lipinski definition) is 1. The van der Waals surface area contributed by atoms with Crippen LogP contribution in [-0.4, -0.2) is 20.3 Å². The average molecular weight is 325 g/mol. The third kappa shape index (κ3) is 3.93. The number of hydrogen-bond acceptors (Lipinski definition) is 3. The normalized spacial score (nSPS) is 11.4. The van der Waals surface area contributed by atoms with Crippen LogP contribution in [0.15, 0.2) is 24.0 Å². The Hall–Kier alpha value is -2.81. The summed E-state index contributed by atoms with van der Waals surface area (Å²) < 4.78 is 3.87. The van der Waals surface area contributed by atoms with E-state index < -0.39 is 0 Å². The highest BCUT2D eigenvalue weighted by atomic mass is 16.1. The van der Waals surface area contributed by atoms with Gasteiger partial charge in [-0.2, -0.15) is 10.4 Å². The summed E-state index contributed by atoms with van der Waals surface area (Å²) in [7, 11) is 1.82. The van der Waals surface area contributed by atoms with Crippen LogP contribution in [0.3, 0.4) is 0 Å². The number of nitrogens with one attached hydrogen (secondary N) is 1. The largest absolute Gasteiger partial charge is 0.349 e. The molecule has 0 radical (unpaired) electrons. The maximum atomic E-state index is 12.3. The number of nitriles is 1. The van der Waals surface area contributed by atoms with Gasteiger partial charge >= 0.3 is 0 Å². The monoisotopic (exact) mass is 325 g/mol. The van der Waals surface area contributed by atoms with Crippen molar-refractivity contribution >= 4 is 12.0 Å². The van der Waals surface area contributed by atoms with Crippen molar-refractivity contribution in [1.82, 2.24) is 19.7 Å². The van der Waals surface area contributed by atoms with Gasteiger partial charge in [0.2, 0.25) is 0 Å². The molecule has 1 N–H and O–H groups in total. The zero-order valence-corrected chi connectivity index (χ0v) is 14.6. The van der Waals surface area contributed by atoms with Crippen molar-refractivity contribution in [2.75, 3.05) is 0 Å². The molecule has 0 saturated carbocycles. The summed E-state index contributed by atoms with van der Waals surface area (Å²) in [6.45, 7) is 7.45. The van der Waals surface area contributed by atoms with E-state index in [4.69, 9.17) is 0 Å². The van der Waals surface area contributed by atoms with Crippen LogP contribution in [0, 0.1) is 25.2 Å². The van der Waals surface area contributed by atoms with Crippen molar-refractivity contribution in [3.8, 4) is 6.07 Å². The standard InChI is InChI=1S/C18H23N5O/c1-5-6-23-13(2)7-16(14(23)3)8-17(9-19)18(24)20-10-15-11-21-22(4)12-15/h7-8,11-12H,5-6,10H2,1-4H3,(H,20,24)/b17-8-. The highest BCUT2D eigenvalue weighted by Crippen LogP contribution is 2.18. The number of aromatic nitrogens is 3. The van der Waals surface area contributed by atoms with E-state index >= 15 is 0 Å². The van der Waals surface area contributed by atoms with E-state index in [0.717, 1.165) is 35.5 Å². The highest BCUT2D eigenvalue weighted by Gasteiger charge is 2.12. The number of carbonyl (C=O) groups is 1. The third-order valence-corrected chi connectivity index (χ3v) is 3.94. The van der Waals surface area contributed by atoms with Crippen LogP contribution >= 0.6 is 0 Å². The lowest BCUT2D eigenvalue weighted by Crippen LogP contribution is -2.23. The zero-order chi connectivity index (χ0) is 17.7. The molecule has 2 heterocycles. The predicted molar refractivity (Wildman–Crippen MR) is 92.8 cm³/mol. The second kappa shape index (κ2) is 7.64. The van der Waals surface area contributed by atoms with Gasteiger partial charge in [-0.05, 0) is 38.0 Å². The lowest BCUT2D eigenvalue weighted by atomic mass is 10.1. The molecule has 24 heavy (non-hydrogen) atoms. The Kier molecular flexibility index (Phi) is 5.59. The Morgan fingerprint density at radius 1 is 1.46 bits per heavy atom. The summed E-state index contributed by atoms with van der Waals surface area (Å²) in [6, 6.07) is 4.01. The first-order chi connectivity index (χ1) is 11.5. The molecule has 0 saturated heterocycles. The van der Waals surface area contributed by atoms with Gasteiger partial charge in [-0.25, -0.2) is 0 Å². The van der Waals surface area contributed by atoms with Crippen molar-refractivity contribution in [1.29, 1.82) is 5.26 Å². The van der Waals surface area contributed by atoms with Crippen LogP contribution in [0.25, 0.3) is 6.08 Å². The molecule has 0 fully saturated rings. The second-order valence-corrected chi connectivity index (χ2v) is 5.85. The van der Waals surface area contributed by atoms with E-state index in [1.807, 2.05) is 39.2 Å². The number of amides is 1. The average Bonchev–Trinajstić information content (AvgIpc) is 3.08. The Bertz CT molecular complexity index is 804. The summed E-state index contributed by atoms with van der Waals surface area (Å²) in [5.41, 5.74) is 4.12. The molecule has 2 aromatic heterocycles. The molecule has 2 aromatic rings. The number of rotatable bonds is 6. The molecule has 0 aliphatic rings. The van der Waals surface area contributed by atoms with Crippen molar-refractivity contribution in [2.24, 2.45) is 7.05 Å². The fourth-order valence-corrected chi connectivity index (χ4v) is 2.69. The third-order valence-electron chi connectivity index (χ3n) is 3.94. The Morgan fingerprint density at radius 3 is 2.79 bits per heavy atom. The minimum absolute atomic E-state index is 0.107. The molecule has 0 atom stereocenters. The Balaban J connectivity index is 2.15. The van der Waals surface area contributed by atoms with Gasteiger partial charge in [-0.1, -0.05) is 6.92 Å². The van der Waals surface area contributed by atoms with Gasteiger partial charge in [0.05, 0.1) is 6.20 Å². The van der Waals surface area contributed by atoms with E-state index in [-0.39, 0.29) is 11.5 Å². The molecule has 0 aromatic carbocycles. The van der Waals surface area contributed by atoms with E-state index in [9.17, 15) is 10.1 Å². The molecule has 2 rings (SSSR count). The van der Waals surface area contributed by atoms with Crippen molar-refractivity contribution in [2.45, 2.75) is 40.3 Å². The van der Waals surface area contributed by atoms with Gasteiger partial charge in [0.25, 0.3) is 5.91 Å². The quantitative estimate of drug-likeness (QED) is 0.655. The van der Waals surface area contributed by atoms with Crippen LogP contribution in [0.4, 0.5) is 0 Å². The van der Waals surface area contributed by atoms with Crippen LogP contribution < -0.4 is 5.32 Å². The smallest absolute Gasteiger partial charge is 0.262 e. The van der Waals surface area contributed by atoms with E-state index in [1.54, 1.807) is 17.0 Å². The van der Waals surface area contributed by atoms with E-state index in [2.05, 4.69) is 21.9 Å². The van der Waals surface area contributed by atoms with Crippen molar-refractivity contribution in [3.05, 3.63) is 46.5 Å². The summed E-state index contributed by atoms with van der Waals surface area (Å²) in [5.74, 6) is -0.373. The van der Waals surface area contributed by atoms with Crippen LogP contribution in [0.1, 0.15) is 35.9 Å². The Morgan fingerprint density at radius 2 is 2.21 bits per heavy atom. The minimum Gasteiger partial charge on any atom is -0.349 e. The molecule has 6 heteroatoms. The first kappa shape index (κ1) is 17.5. The lowest BCUT2D eigenvalue weighted by Gasteiger charge is -2.07. The molecular weight excluding hydrogens is 302 g/mol. The summed E-state index contributed by atoms with van der Waals surface area (Å²) >= 11 is 0. The molecule has 0 spiro atoms. The van der Waals surface area contributed by atoms with Gasteiger partial charge < -0.3 is 9.88 Å². The highest BCUT2D eigenvalue weighted by molar-refractivity contribution is 6.01. The first-order valence-electron chi connectivity index (χ1n) is 8.00. The van der Waals surface area contributed by atoms with E-state index in [1.165, 1.54) is 0 Å². The fraction of sp³-hybridized carbons (Fsp3) is 0.389. The molecule has 126 valence electrons. The summed E-state index contributed by atoms with van der Waals surface area (Å²) in [4.78, 5) is 12.3. The predicted octanol–water partition coefficient (Wildman–Crippen LogP) is 2.47. The number of carbonyl (C=O) groups excluding carboxylic acids is 1. The van der Waals surface area contributed by atoms with Crippen LogP contribution in [0.5, 0.6) is 0 Å². The van der Waals surface area contributed by atoms with Crippen LogP contribution in [-0.2, 0) is 24.9 Å². The maximum Gasteiger partial charge on any atom is 0.262 e. The summed E-state index contributed by atoms with van der Waals surface area (Å²) in [6.07, 6.45) is 6.21. The first-order valence-corrected chi connectivity index (χ1v) is 8.00. The van der Waals surface area contributed by atoms with Crippen LogP contribution in [0.2, 0.25) is 0 Å². The molecule has 0 bridgehead atoms. The van der Waals surface area contributed by atoms with Gasteiger partial charge in [0.15, 0.2) is 0 Å². The van der Waals surface area contributed by atoms with Gasteiger partial charge in [-0.3, -0.25) is 9.48 Å². The molecular formula is C18H23N5O.